The number of thiazole rings is 1. The average Bonchev–Trinajstić information content (AvgIpc) is 3.13. The summed E-state index contributed by atoms with van der Waals surface area (Å²) >= 11 is 7.91. The molecule has 1 amide bonds. The van der Waals surface area contributed by atoms with Crippen LogP contribution in [0.15, 0.2) is 58.5 Å². The number of nitrogens with one attached hydrogen (secondary N) is 2. The number of H-pyrrole nitrogens is 1. The number of thioether (sulfide) groups is 1. The molecule has 4 rings (SSSR count). The fourth-order valence-corrected chi connectivity index (χ4v) is 5.10. The first-order valence-corrected chi connectivity index (χ1v) is 11.9. The molecule has 0 saturated carbocycles. The van der Waals surface area contributed by atoms with Crippen molar-refractivity contribution in [2.75, 3.05) is 12.9 Å². The Kier molecular flexibility index (Phi) is 6.73. The second-order valence-electron chi connectivity index (χ2n) is 6.93. The topological polar surface area (TPSA) is 89.0 Å². The summed E-state index contributed by atoms with van der Waals surface area (Å²) in [5.74, 6) is 0.690. The number of nitrogens with zero attached hydrogens (tertiary/aromatic N) is 2. The van der Waals surface area contributed by atoms with Gasteiger partial charge in [0.1, 0.15) is 10.4 Å². The van der Waals surface area contributed by atoms with Crippen molar-refractivity contribution in [1.82, 2.24) is 19.9 Å². The third-order valence-corrected chi connectivity index (χ3v) is 6.98. The quantitative estimate of drug-likeness (QED) is 0.232. The Morgan fingerprint density at radius 3 is 2.88 bits per heavy atom. The first-order valence-electron chi connectivity index (χ1n) is 9.70. The number of hydrogen-bond donors (Lipinski definition) is 2. The van der Waals surface area contributed by atoms with E-state index in [1.807, 2.05) is 60.0 Å². The predicted molar refractivity (Wildman–Crippen MR) is 131 cm³/mol. The number of fused-ring (bicyclic) bond motifs is 1. The SMILES string of the molecule is COc1cccc(CNC(=O)CSc2nc3c(sc(=S)n3-c3ccccc3C)c(=O)[nH]2)c1. The molecule has 0 aliphatic heterocycles. The van der Waals surface area contributed by atoms with Crippen molar-refractivity contribution in [2.45, 2.75) is 18.6 Å². The zero-order valence-corrected chi connectivity index (χ0v) is 19.8. The summed E-state index contributed by atoms with van der Waals surface area (Å²) < 4.78 is 8.02. The number of aromatic nitrogens is 3. The van der Waals surface area contributed by atoms with Gasteiger partial charge in [0.05, 0.1) is 18.6 Å². The highest BCUT2D eigenvalue weighted by atomic mass is 32.2. The highest BCUT2D eigenvalue weighted by molar-refractivity contribution is 7.99. The molecule has 0 radical (unpaired) electrons. The normalized spacial score (nSPS) is 10.9. The number of carbonyl (C=O) groups is 1. The number of hydrogen-bond acceptors (Lipinski definition) is 7. The molecule has 7 nitrogen and oxygen atoms in total. The number of amides is 1. The number of rotatable bonds is 7. The lowest BCUT2D eigenvalue weighted by Crippen LogP contribution is -2.24. The van der Waals surface area contributed by atoms with Crippen LogP contribution in [0.4, 0.5) is 0 Å². The van der Waals surface area contributed by atoms with Crippen LogP contribution in [0, 0.1) is 10.9 Å². The molecule has 164 valence electrons. The van der Waals surface area contributed by atoms with Gasteiger partial charge < -0.3 is 15.0 Å². The smallest absolute Gasteiger partial charge is 0.271 e. The van der Waals surface area contributed by atoms with Gasteiger partial charge in [-0.25, -0.2) is 4.98 Å². The van der Waals surface area contributed by atoms with Crippen LogP contribution in [0.1, 0.15) is 11.1 Å². The van der Waals surface area contributed by atoms with Crippen molar-refractivity contribution >= 4 is 51.6 Å². The van der Waals surface area contributed by atoms with Crippen molar-refractivity contribution in [3.8, 4) is 11.4 Å². The van der Waals surface area contributed by atoms with Gasteiger partial charge in [-0.1, -0.05) is 53.4 Å². The van der Waals surface area contributed by atoms with Crippen LogP contribution in [-0.2, 0) is 11.3 Å². The molecule has 2 heterocycles. The van der Waals surface area contributed by atoms with Crippen LogP contribution in [0.5, 0.6) is 5.75 Å². The lowest BCUT2D eigenvalue weighted by molar-refractivity contribution is -0.118. The maximum atomic E-state index is 12.6. The van der Waals surface area contributed by atoms with Gasteiger partial charge in [-0.2, -0.15) is 0 Å². The molecule has 0 aliphatic carbocycles. The number of para-hydroxylation sites is 1. The molecule has 0 unspecified atom stereocenters. The summed E-state index contributed by atoms with van der Waals surface area (Å²) in [5, 5.41) is 3.24. The molecular formula is C22H20N4O3S3. The highest BCUT2D eigenvalue weighted by Crippen LogP contribution is 2.26. The van der Waals surface area contributed by atoms with Crippen molar-refractivity contribution in [3.05, 3.63) is 74.0 Å². The molecule has 10 heteroatoms. The molecule has 0 aliphatic rings. The van der Waals surface area contributed by atoms with Gasteiger partial charge >= 0.3 is 0 Å². The molecule has 0 atom stereocenters. The number of methoxy groups -OCH3 is 1. The maximum absolute atomic E-state index is 12.6. The van der Waals surface area contributed by atoms with Crippen LogP contribution < -0.4 is 15.6 Å². The summed E-state index contributed by atoms with van der Waals surface area (Å²) in [7, 11) is 1.60. The summed E-state index contributed by atoms with van der Waals surface area (Å²) in [6.45, 7) is 2.37. The summed E-state index contributed by atoms with van der Waals surface area (Å²) in [6.07, 6.45) is 0. The van der Waals surface area contributed by atoms with Gasteiger partial charge in [0.15, 0.2) is 14.8 Å². The summed E-state index contributed by atoms with van der Waals surface area (Å²) in [5.41, 5.74) is 3.08. The van der Waals surface area contributed by atoms with E-state index in [-0.39, 0.29) is 17.2 Å². The van der Waals surface area contributed by atoms with E-state index in [0.29, 0.717) is 26.0 Å². The molecule has 2 aromatic heterocycles. The van der Waals surface area contributed by atoms with E-state index in [4.69, 9.17) is 17.0 Å². The Labute approximate surface area is 197 Å². The first-order chi connectivity index (χ1) is 15.5. The summed E-state index contributed by atoms with van der Waals surface area (Å²) in [4.78, 5) is 32.3. The minimum absolute atomic E-state index is 0.119. The zero-order valence-electron chi connectivity index (χ0n) is 17.4. The molecule has 0 saturated heterocycles. The van der Waals surface area contributed by atoms with Gasteiger partial charge in [0.2, 0.25) is 5.91 Å². The van der Waals surface area contributed by atoms with E-state index in [1.54, 1.807) is 7.11 Å². The minimum Gasteiger partial charge on any atom is -0.497 e. The molecule has 0 fully saturated rings. The van der Waals surface area contributed by atoms with E-state index in [9.17, 15) is 9.59 Å². The predicted octanol–water partition coefficient (Wildman–Crippen LogP) is 4.23. The largest absolute Gasteiger partial charge is 0.497 e. The molecule has 0 spiro atoms. The van der Waals surface area contributed by atoms with Crippen LogP contribution in [0.25, 0.3) is 16.0 Å². The molecule has 2 N–H and O–H groups in total. The number of carbonyl (C=O) groups excluding carboxylic acids is 1. The molecule has 4 aromatic rings. The van der Waals surface area contributed by atoms with Crippen LogP contribution in [-0.4, -0.2) is 33.3 Å². The lowest BCUT2D eigenvalue weighted by atomic mass is 10.2. The van der Waals surface area contributed by atoms with E-state index in [2.05, 4.69) is 15.3 Å². The number of ether oxygens (including phenoxy) is 1. The van der Waals surface area contributed by atoms with Gasteiger partial charge in [-0.3, -0.25) is 14.2 Å². The summed E-state index contributed by atoms with van der Waals surface area (Å²) in [6, 6.07) is 15.3. The third-order valence-electron chi connectivity index (χ3n) is 4.74. The number of aromatic amines is 1. The van der Waals surface area contributed by atoms with E-state index in [0.717, 1.165) is 22.6 Å². The van der Waals surface area contributed by atoms with Gasteiger partial charge in [-0.05, 0) is 48.5 Å². The fraction of sp³-hybridized carbons (Fsp3) is 0.182. The minimum atomic E-state index is -0.266. The highest BCUT2D eigenvalue weighted by Gasteiger charge is 2.15. The monoisotopic (exact) mass is 484 g/mol. The lowest BCUT2D eigenvalue weighted by Gasteiger charge is -2.09. The van der Waals surface area contributed by atoms with Crippen LogP contribution in [0.3, 0.4) is 0 Å². The number of aryl methyl sites for hydroxylation is 1. The molecular weight excluding hydrogens is 464 g/mol. The van der Waals surface area contributed by atoms with Crippen molar-refractivity contribution in [2.24, 2.45) is 0 Å². The maximum Gasteiger partial charge on any atom is 0.271 e. The second kappa shape index (κ2) is 9.68. The van der Waals surface area contributed by atoms with Crippen molar-refractivity contribution < 1.29 is 9.53 Å². The average molecular weight is 485 g/mol. The zero-order chi connectivity index (χ0) is 22.7. The fourth-order valence-electron chi connectivity index (χ4n) is 3.16. The molecule has 32 heavy (non-hydrogen) atoms. The van der Waals surface area contributed by atoms with Crippen LogP contribution in [0.2, 0.25) is 0 Å². The van der Waals surface area contributed by atoms with E-state index < -0.39 is 0 Å². The van der Waals surface area contributed by atoms with Crippen molar-refractivity contribution in [1.29, 1.82) is 0 Å². The number of benzene rings is 2. The van der Waals surface area contributed by atoms with E-state index >= 15 is 0 Å². The molecule has 0 bridgehead atoms. The van der Waals surface area contributed by atoms with Gasteiger partial charge in [0, 0.05) is 6.54 Å². The van der Waals surface area contributed by atoms with E-state index in [1.165, 1.54) is 23.1 Å². The third kappa shape index (κ3) is 4.77. The van der Waals surface area contributed by atoms with Crippen molar-refractivity contribution in [3.63, 3.8) is 0 Å². The van der Waals surface area contributed by atoms with Gasteiger partial charge in [-0.15, -0.1) is 0 Å². The Morgan fingerprint density at radius 1 is 1.28 bits per heavy atom. The van der Waals surface area contributed by atoms with Gasteiger partial charge in [0.25, 0.3) is 5.56 Å². The Morgan fingerprint density at radius 2 is 2.09 bits per heavy atom. The standard InChI is InChI=1S/C22H20N4O3S3/c1-13-6-3-4-9-16(13)26-19-18(32-22(26)30)20(28)25-21(24-19)31-12-17(27)23-11-14-7-5-8-15(10-14)29-2/h3-10H,11-12H2,1-2H3,(H,23,27)(H,24,25,28). The van der Waals surface area contributed by atoms with Crippen LogP contribution >= 0.6 is 35.3 Å². The second-order valence-corrected chi connectivity index (χ2v) is 9.54. The first kappa shape index (κ1) is 22.3. The Bertz CT molecular complexity index is 1410. The molecule has 2 aromatic carbocycles. The Hall–Kier alpha value is -2.95. The Balaban J connectivity index is 1.52.